The molecular formula is C14H12F3N5. The number of fused-ring (bicyclic) bond motifs is 1. The predicted molar refractivity (Wildman–Crippen MR) is 76.0 cm³/mol. The van der Waals surface area contributed by atoms with Crippen molar-refractivity contribution in [1.29, 1.82) is 0 Å². The van der Waals surface area contributed by atoms with Gasteiger partial charge in [-0.2, -0.15) is 22.8 Å². The van der Waals surface area contributed by atoms with E-state index in [0.717, 1.165) is 17.2 Å². The van der Waals surface area contributed by atoms with Gasteiger partial charge in [0, 0.05) is 17.7 Å². The quantitative estimate of drug-likeness (QED) is 0.564. The molecule has 22 heavy (non-hydrogen) atoms. The summed E-state index contributed by atoms with van der Waals surface area (Å²) in [5.41, 5.74) is 3.64. The number of rotatable bonds is 2. The largest absolute Gasteiger partial charge is 0.433 e. The Labute approximate surface area is 123 Å². The lowest BCUT2D eigenvalue weighted by molar-refractivity contribution is -0.141. The number of alkyl halides is 3. The lowest BCUT2D eigenvalue weighted by Gasteiger charge is -2.09. The van der Waals surface area contributed by atoms with Crippen molar-refractivity contribution >= 4 is 11.5 Å². The van der Waals surface area contributed by atoms with E-state index in [1.807, 2.05) is 31.2 Å². The minimum Gasteiger partial charge on any atom is -0.308 e. The van der Waals surface area contributed by atoms with Crippen LogP contribution in [0.25, 0.3) is 16.9 Å². The zero-order valence-corrected chi connectivity index (χ0v) is 11.5. The first-order chi connectivity index (χ1) is 10.4. The number of aryl methyl sites for hydroxylation is 1. The number of nitrogens with one attached hydrogen (secondary N) is 1. The van der Waals surface area contributed by atoms with Crippen molar-refractivity contribution < 1.29 is 13.2 Å². The summed E-state index contributed by atoms with van der Waals surface area (Å²) in [5.74, 6) is 5.30. The van der Waals surface area contributed by atoms with Crippen LogP contribution in [0.15, 0.2) is 36.4 Å². The van der Waals surface area contributed by atoms with Crippen molar-refractivity contribution in [2.24, 2.45) is 5.84 Å². The Morgan fingerprint density at radius 3 is 2.41 bits per heavy atom. The van der Waals surface area contributed by atoms with Gasteiger partial charge in [0.2, 0.25) is 0 Å². The van der Waals surface area contributed by atoms with Gasteiger partial charge in [-0.25, -0.2) is 10.8 Å². The minimum atomic E-state index is -4.55. The van der Waals surface area contributed by atoms with Gasteiger partial charge in [-0.15, -0.1) is 0 Å². The van der Waals surface area contributed by atoms with Crippen LogP contribution in [0.4, 0.5) is 19.0 Å². The van der Waals surface area contributed by atoms with E-state index in [9.17, 15) is 13.2 Å². The summed E-state index contributed by atoms with van der Waals surface area (Å²) in [6, 6.07) is 9.79. The molecular weight excluding hydrogens is 295 g/mol. The van der Waals surface area contributed by atoms with Gasteiger partial charge in [-0.1, -0.05) is 29.8 Å². The molecule has 0 aliphatic carbocycles. The van der Waals surface area contributed by atoms with Crippen molar-refractivity contribution in [3.05, 3.63) is 47.7 Å². The minimum absolute atomic E-state index is 0.00990. The molecule has 3 N–H and O–H groups in total. The van der Waals surface area contributed by atoms with Crippen molar-refractivity contribution in [3.8, 4) is 11.3 Å². The second-order valence-electron chi connectivity index (χ2n) is 4.83. The number of halogens is 3. The molecule has 0 saturated heterocycles. The molecule has 0 aliphatic heterocycles. The summed E-state index contributed by atoms with van der Waals surface area (Å²) in [6.45, 7) is 1.95. The van der Waals surface area contributed by atoms with Crippen LogP contribution in [0.3, 0.4) is 0 Å². The number of hydrazine groups is 1. The van der Waals surface area contributed by atoms with E-state index in [0.29, 0.717) is 5.69 Å². The van der Waals surface area contributed by atoms with Crippen molar-refractivity contribution in [3.63, 3.8) is 0 Å². The Morgan fingerprint density at radius 1 is 1.14 bits per heavy atom. The molecule has 3 rings (SSSR count). The lowest BCUT2D eigenvalue weighted by atomic mass is 10.1. The maximum absolute atomic E-state index is 12.8. The van der Waals surface area contributed by atoms with E-state index in [4.69, 9.17) is 5.84 Å². The van der Waals surface area contributed by atoms with Crippen LogP contribution in [-0.2, 0) is 6.18 Å². The SMILES string of the molecule is Cc1ccc(-c2cc3nc(C(F)(F)F)cc(NN)n3n2)cc1. The monoisotopic (exact) mass is 307 g/mol. The third-order valence-electron chi connectivity index (χ3n) is 3.21. The van der Waals surface area contributed by atoms with Crippen molar-refractivity contribution in [1.82, 2.24) is 14.6 Å². The van der Waals surface area contributed by atoms with E-state index < -0.39 is 11.9 Å². The number of nitrogens with zero attached hydrogens (tertiary/aromatic N) is 3. The van der Waals surface area contributed by atoms with Gasteiger partial charge in [0.05, 0.1) is 5.69 Å². The highest BCUT2D eigenvalue weighted by atomic mass is 19.4. The van der Waals surface area contributed by atoms with Gasteiger partial charge >= 0.3 is 6.18 Å². The topological polar surface area (TPSA) is 68.2 Å². The van der Waals surface area contributed by atoms with Crippen molar-refractivity contribution in [2.75, 3.05) is 5.43 Å². The Hall–Kier alpha value is -2.61. The Balaban J connectivity index is 2.18. The summed E-state index contributed by atoms with van der Waals surface area (Å²) in [7, 11) is 0. The number of nitrogens with two attached hydrogens (primary N) is 1. The molecule has 0 aliphatic rings. The molecule has 0 atom stereocenters. The maximum Gasteiger partial charge on any atom is 0.433 e. The van der Waals surface area contributed by atoms with Crippen LogP contribution < -0.4 is 11.3 Å². The van der Waals surface area contributed by atoms with Crippen LogP contribution in [0.2, 0.25) is 0 Å². The Morgan fingerprint density at radius 2 is 1.82 bits per heavy atom. The van der Waals surface area contributed by atoms with Crippen LogP contribution in [0.1, 0.15) is 11.3 Å². The van der Waals surface area contributed by atoms with E-state index in [1.165, 1.54) is 10.6 Å². The normalized spacial score (nSPS) is 11.9. The standard InChI is InChI=1S/C14H12F3N5/c1-8-2-4-9(5-3-8)10-6-12-19-11(14(15,16)17)7-13(20-18)22(12)21-10/h2-7,20H,18H2,1H3. The molecule has 2 heterocycles. The van der Waals surface area contributed by atoms with Gasteiger partial charge in [0.15, 0.2) is 11.3 Å². The number of hydrogen-bond donors (Lipinski definition) is 2. The summed E-state index contributed by atoms with van der Waals surface area (Å²) in [4.78, 5) is 3.60. The van der Waals surface area contributed by atoms with E-state index in [2.05, 4.69) is 15.5 Å². The fourth-order valence-corrected chi connectivity index (χ4v) is 2.09. The van der Waals surface area contributed by atoms with Crippen molar-refractivity contribution in [2.45, 2.75) is 13.1 Å². The fraction of sp³-hybridized carbons (Fsp3) is 0.143. The highest BCUT2D eigenvalue weighted by Gasteiger charge is 2.33. The lowest BCUT2D eigenvalue weighted by Crippen LogP contribution is -2.16. The molecule has 0 unspecified atom stereocenters. The van der Waals surface area contributed by atoms with Gasteiger partial charge < -0.3 is 5.43 Å². The zero-order valence-electron chi connectivity index (χ0n) is 11.5. The molecule has 0 fully saturated rings. The molecule has 5 nitrogen and oxygen atoms in total. The maximum atomic E-state index is 12.8. The molecule has 0 saturated carbocycles. The second-order valence-corrected chi connectivity index (χ2v) is 4.83. The first-order valence-corrected chi connectivity index (χ1v) is 6.40. The predicted octanol–water partition coefficient (Wildman–Crippen LogP) is 3.01. The van der Waals surface area contributed by atoms with E-state index in [-0.39, 0.29) is 11.5 Å². The smallest absolute Gasteiger partial charge is 0.308 e. The van der Waals surface area contributed by atoms with Crippen LogP contribution in [0, 0.1) is 6.92 Å². The number of nitrogen functional groups attached to an aromatic ring is 1. The van der Waals surface area contributed by atoms with E-state index in [1.54, 1.807) is 0 Å². The molecule has 3 aromatic rings. The highest BCUT2D eigenvalue weighted by molar-refractivity contribution is 5.66. The molecule has 1 aromatic carbocycles. The van der Waals surface area contributed by atoms with Gasteiger partial charge in [-0.05, 0) is 6.92 Å². The van der Waals surface area contributed by atoms with E-state index >= 15 is 0 Å². The molecule has 2 aromatic heterocycles. The average Bonchev–Trinajstić information content (AvgIpc) is 2.89. The molecule has 114 valence electrons. The second kappa shape index (κ2) is 4.99. The third kappa shape index (κ3) is 2.48. The molecule has 0 amide bonds. The summed E-state index contributed by atoms with van der Waals surface area (Å²) in [6.07, 6.45) is -4.55. The summed E-state index contributed by atoms with van der Waals surface area (Å²) >= 11 is 0. The van der Waals surface area contributed by atoms with Gasteiger partial charge in [-0.3, -0.25) is 0 Å². The highest BCUT2D eigenvalue weighted by Crippen LogP contribution is 2.30. The van der Waals surface area contributed by atoms with Gasteiger partial charge in [0.25, 0.3) is 0 Å². The fourth-order valence-electron chi connectivity index (χ4n) is 2.09. The number of aromatic nitrogens is 3. The Bertz CT molecular complexity index is 821. The molecule has 0 radical (unpaired) electrons. The summed E-state index contributed by atoms with van der Waals surface area (Å²) in [5, 5.41) is 4.25. The van der Waals surface area contributed by atoms with Gasteiger partial charge in [0.1, 0.15) is 5.82 Å². The van der Waals surface area contributed by atoms with Crippen LogP contribution >= 0.6 is 0 Å². The molecule has 0 spiro atoms. The number of hydrogen-bond acceptors (Lipinski definition) is 4. The molecule has 0 bridgehead atoms. The molecule has 8 heteroatoms. The Kier molecular flexibility index (Phi) is 3.25. The number of anilines is 1. The number of benzene rings is 1. The average molecular weight is 307 g/mol. The zero-order chi connectivity index (χ0) is 15.9. The summed E-state index contributed by atoms with van der Waals surface area (Å²) < 4.78 is 39.8. The first-order valence-electron chi connectivity index (χ1n) is 6.40. The third-order valence-corrected chi connectivity index (χ3v) is 3.21. The van der Waals surface area contributed by atoms with Crippen LogP contribution in [-0.4, -0.2) is 14.6 Å². The first kappa shape index (κ1) is 14.3. The van der Waals surface area contributed by atoms with Crippen LogP contribution in [0.5, 0.6) is 0 Å².